The number of nitrogens with zero attached hydrogens (tertiary/aromatic N) is 1. The van der Waals surface area contributed by atoms with Crippen LogP contribution in [0.25, 0.3) is 0 Å². The molecule has 110 valence electrons. The molecule has 0 saturated heterocycles. The van der Waals surface area contributed by atoms with Crippen molar-refractivity contribution in [3.05, 3.63) is 29.8 Å². The van der Waals surface area contributed by atoms with Crippen LogP contribution in [-0.4, -0.2) is 39.5 Å². The Kier molecular flexibility index (Phi) is 4.31. The molecule has 1 aliphatic heterocycles. The summed E-state index contributed by atoms with van der Waals surface area (Å²) >= 11 is 1.91. The molecule has 1 atom stereocenters. The molecule has 1 aromatic carbocycles. The number of hydrogen-bond acceptors (Lipinski definition) is 3. The highest BCUT2D eigenvalue weighted by Crippen LogP contribution is 2.47. The fourth-order valence-electron chi connectivity index (χ4n) is 2.35. The fraction of sp³-hybridized carbons (Fsp3) is 0.385. The third kappa shape index (κ3) is 2.92. The van der Waals surface area contributed by atoms with E-state index in [4.69, 9.17) is 5.73 Å². The Morgan fingerprint density at radius 2 is 2.19 bits per heavy atom. The zero-order chi connectivity index (χ0) is 15.7. The molecule has 1 heterocycles. The summed E-state index contributed by atoms with van der Waals surface area (Å²) in [6.45, 7) is -1.38. The molecule has 1 aromatic rings. The minimum atomic E-state index is -3.35. The highest BCUT2D eigenvalue weighted by Gasteiger charge is 2.57. The molecular weight excluding hydrogens is 298 g/mol. The van der Waals surface area contributed by atoms with Crippen LogP contribution in [-0.2, 0) is 5.54 Å². The number of aliphatic imine (C=N–C) groups is 1. The summed E-state index contributed by atoms with van der Waals surface area (Å²) in [5.74, 6) is -3.35. The molecule has 2 radical (unpaired) electrons. The van der Waals surface area contributed by atoms with Gasteiger partial charge >= 0.3 is 0 Å². The summed E-state index contributed by atoms with van der Waals surface area (Å²) < 4.78 is 41.7. The molecule has 3 N–H and O–H groups in total. The SMILES string of the molecule is NC1=N[C@](CF)(c2cccc(N[C](=O)[Al])c2)C(F)(F)CC1. The van der Waals surface area contributed by atoms with Crippen LogP contribution in [0.4, 0.5) is 23.7 Å². The van der Waals surface area contributed by atoms with Gasteiger partial charge in [-0.05, 0) is 17.7 Å². The Balaban J connectivity index is 2.54. The normalized spacial score (nSPS) is 24.2. The van der Waals surface area contributed by atoms with E-state index in [2.05, 4.69) is 10.3 Å². The number of nitrogens with one attached hydrogen (secondary N) is 1. The lowest BCUT2D eigenvalue weighted by molar-refractivity contribution is -0.0947. The third-order valence-corrected chi connectivity index (χ3v) is 3.58. The Morgan fingerprint density at radius 3 is 2.81 bits per heavy atom. The van der Waals surface area contributed by atoms with Crippen LogP contribution in [0.15, 0.2) is 29.3 Å². The number of benzene rings is 1. The number of rotatable bonds is 3. The van der Waals surface area contributed by atoms with Gasteiger partial charge in [0, 0.05) is 18.5 Å². The number of hydrogen-bond donors (Lipinski definition) is 2. The van der Waals surface area contributed by atoms with E-state index in [1.54, 1.807) is 0 Å². The number of alkyl halides is 3. The number of nitrogens with two attached hydrogens (primary N) is 1. The van der Waals surface area contributed by atoms with Crippen molar-refractivity contribution in [2.45, 2.75) is 24.3 Å². The summed E-state index contributed by atoms with van der Waals surface area (Å²) in [6, 6.07) is 5.62. The summed E-state index contributed by atoms with van der Waals surface area (Å²) in [5.41, 5.74) is 3.47. The van der Waals surface area contributed by atoms with E-state index >= 15 is 0 Å². The van der Waals surface area contributed by atoms with E-state index in [9.17, 15) is 18.0 Å². The maximum Gasteiger partial charge on any atom is 0.281 e. The largest absolute Gasteiger partial charge is 0.387 e. The monoisotopic (exact) mass is 311 g/mol. The zero-order valence-electron chi connectivity index (χ0n) is 11.1. The van der Waals surface area contributed by atoms with Crippen LogP contribution in [0, 0.1) is 0 Å². The number of amides is 1. The van der Waals surface area contributed by atoms with Crippen molar-refractivity contribution in [3.8, 4) is 0 Å². The van der Waals surface area contributed by atoms with Gasteiger partial charge in [0.2, 0.25) is 0 Å². The summed E-state index contributed by atoms with van der Waals surface area (Å²) in [7, 11) is 0. The maximum absolute atomic E-state index is 14.3. The van der Waals surface area contributed by atoms with Gasteiger partial charge in [-0.1, -0.05) is 12.1 Å². The van der Waals surface area contributed by atoms with Crippen molar-refractivity contribution in [2.75, 3.05) is 12.0 Å². The van der Waals surface area contributed by atoms with Gasteiger partial charge in [0.15, 0.2) is 5.54 Å². The Labute approximate surface area is 128 Å². The van der Waals surface area contributed by atoms with Crippen LogP contribution in [0.5, 0.6) is 0 Å². The smallest absolute Gasteiger partial charge is 0.281 e. The van der Waals surface area contributed by atoms with Gasteiger partial charge in [-0.3, -0.25) is 4.99 Å². The lowest BCUT2D eigenvalue weighted by atomic mass is 9.80. The van der Waals surface area contributed by atoms with E-state index in [0.29, 0.717) is 0 Å². The van der Waals surface area contributed by atoms with Gasteiger partial charge < -0.3 is 15.8 Å². The molecule has 2 rings (SSSR count). The second kappa shape index (κ2) is 5.70. The van der Waals surface area contributed by atoms with E-state index in [1.807, 2.05) is 16.3 Å². The number of halogens is 3. The van der Waals surface area contributed by atoms with Gasteiger partial charge in [-0.25, -0.2) is 13.2 Å². The maximum atomic E-state index is 14.3. The highest BCUT2D eigenvalue weighted by molar-refractivity contribution is 6.60. The molecule has 0 aromatic heterocycles. The van der Waals surface area contributed by atoms with Crippen LogP contribution in [0.3, 0.4) is 0 Å². The van der Waals surface area contributed by atoms with Gasteiger partial charge in [-0.2, -0.15) is 0 Å². The second-order valence-corrected chi connectivity index (χ2v) is 5.40. The van der Waals surface area contributed by atoms with Gasteiger partial charge in [0.05, 0.1) is 5.84 Å². The first-order valence-corrected chi connectivity index (χ1v) is 6.83. The molecule has 0 aliphatic carbocycles. The fourth-order valence-corrected chi connectivity index (χ4v) is 2.52. The Morgan fingerprint density at radius 1 is 1.48 bits per heavy atom. The molecule has 0 unspecified atom stereocenters. The highest BCUT2D eigenvalue weighted by atomic mass is 27.0. The van der Waals surface area contributed by atoms with Gasteiger partial charge in [-0.15, -0.1) is 0 Å². The van der Waals surface area contributed by atoms with Crippen molar-refractivity contribution >= 4 is 32.6 Å². The zero-order valence-corrected chi connectivity index (χ0v) is 12.2. The lowest BCUT2D eigenvalue weighted by Crippen LogP contribution is -2.50. The standard InChI is InChI=1S/C13H13F3N3O.Al/c14-7-12(13(15,16)5-4-11(17)19-12)9-2-1-3-10(6-9)18-8-20;/h1-3,6H,4-5,7H2,(H2,17,19)(H,18,20);/t12-;/m1./s1. The van der Waals surface area contributed by atoms with E-state index in [-0.39, 0.29) is 23.5 Å². The molecule has 1 aliphatic rings. The first-order chi connectivity index (χ1) is 9.80. The van der Waals surface area contributed by atoms with Gasteiger partial charge in [0.1, 0.15) is 11.4 Å². The average Bonchev–Trinajstić information content (AvgIpc) is 2.41. The third-order valence-electron chi connectivity index (χ3n) is 3.44. The average molecular weight is 311 g/mol. The molecular formula is C13H13AlF3N3O. The first-order valence-electron chi connectivity index (χ1n) is 6.26. The molecule has 0 bridgehead atoms. The number of amidine groups is 1. The van der Waals surface area contributed by atoms with E-state index < -0.39 is 29.3 Å². The van der Waals surface area contributed by atoms with Crippen LogP contribution in [0.1, 0.15) is 18.4 Å². The van der Waals surface area contributed by atoms with Crippen LogP contribution < -0.4 is 11.1 Å². The minimum Gasteiger partial charge on any atom is -0.387 e. The van der Waals surface area contributed by atoms with Crippen LogP contribution in [0.2, 0.25) is 0 Å². The van der Waals surface area contributed by atoms with Crippen molar-refractivity contribution in [1.82, 2.24) is 0 Å². The predicted molar refractivity (Wildman–Crippen MR) is 74.7 cm³/mol. The molecule has 21 heavy (non-hydrogen) atoms. The Bertz CT molecular complexity index is 594. The predicted octanol–water partition coefficient (Wildman–Crippen LogP) is 2.34. The molecule has 4 nitrogen and oxygen atoms in total. The molecule has 0 fully saturated rings. The topological polar surface area (TPSA) is 67.5 Å². The first kappa shape index (κ1) is 15.9. The van der Waals surface area contributed by atoms with Crippen molar-refractivity contribution in [1.29, 1.82) is 0 Å². The van der Waals surface area contributed by atoms with E-state index in [1.165, 1.54) is 24.3 Å². The quantitative estimate of drug-likeness (QED) is 0.841. The number of carbonyl (C=O) groups is 1. The summed E-state index contributed by atoms with van der Waals surface area (Å²) in [5, 5.41) is 2.44. The van der Waals surface area contributed by atoms with Crippen molar-refractivity contribution in [3.63, 3.8) is 0 Å². The Hall–Kier alpha value is -1.52. The summed E-state index contributed by atoms with van der Waals surface area (Å²) in [4.78, 5) is 14.7. The number of carbonyl (C=O) groups excluding carboxylic acids is 1. The van der Waals surface area contributed by atoms with Crippen LogP contribution >= 0.6 is 0 Å². The second-order valence-electron chi connectivity index (χ2n) is 4.87. The van der Waals surface area contributed by atoms with Crippen molar-refractivity contribution in [2.24, 2.45) is 10.7 Å². The molecule has 0 spiro atoms. The number of anilines is 1. The van der Waals surface area contributed by atoms with Gasteiger partial charge in [0.25, 0.3) is 22.2 Å². The molecule has 8 heteroatoms. The van der Waals surface area contributed by atoms with Crippen molar-refractivity contribution < 1.29 is 18.0 Å². The summed E-state index contributed by atoms with van der Waals surface area (Å²) in [6.07, 6.45) is -0.636. The molecule has 1 amide bonds. The van der Waals surface area contributed by atoms with E-state index in [0.717, 1.165) is 0 Å². The molecule has 0 saturated carbocycles. The minimum absolute atomic E-state index is 0.000870. The lowest BCUT2D eigenvalue weighted by Gasteiger charge is -2.39.